The molecule has 0 radical (unpaired) electrons. The van der Waals surface area contributed by atoms with Gasteiger partial charge in [-0.05, 0) is 29.8 Å². The second-order valence-corrected chi connectivity index (χ2v) is 5.20. The third-order valence-corrected chi connectivity index (χ3v) is 3.26. The SMILES string of the molecule is CN=C(NCC(=O)NCc1ccco1)NCc1cccc(Cl)c1.I. The summed E-state index contributed by atoms with van der Waals surface area (Å²) >= 11 is 5.94. The standard InChI is InChI=1S/C16H19ClN4O2.HI/c1-18-16(20-9-12-4-2-5-13(17)8-12)21-11-15(22)19-10-14-6-3-7-23-14;/h2-8H,9-11H2,1H3,(H,19,22)(H2,18,20,21);1H. The maximum absolute atomic E-state index is 11.8. The fourth-order valence-electron chi connectivity index (χ4n) is 1.88. The minimum absolute atomic E-state index is 0. The number of amides is 1. The first-order valence-electron chi connectivity index (χ1n) is 7.15. The summed E-state index contributed by atoms with van der Waals surface area (Å²) in [7, 11) is 1.65. The van der Waals surface area contributed by atoms with Gasteiger partial charge >= 0.3 is 0 Å². The van der Waals surface area contributed by atoms with E-state index in [9.17, 15) is 4.79 Å². The molecule has 3 N–H and O–H groups in total. The van der Waals surface area contributed by atoms with E-state index in [2.05, 4.69) is 20.9 Å². The fraction of sp³-hybridized carbons (Fsp3) is 0.250. The van der Waals surface area contributed by atoms with E-state index >= 15 is 0 Å². The van der Waals surface area contributed by atoms with E-state index in [1.54, 1.807) is 25.4 Å². The van der Waals surface area contributed by atoms with Gasteiger partial charge in [0.1, 0.15) is 5.76 Å². The van der Waals surface area contributed by atoms with E-state index in [1.807, 2.05) is 24.3 Å². The van der Waals surface area contributed by atoms with Crippen LogP contribution in [0.4, 0.5) is 0 Å². The van der Waals surface area contributed by atoms with Gasteiger partial charge in [0.05, 0.1) is 19.4 Å². The number of carbonyl (C=O) groups excluding carboxylic acids is 1. The van der Waals surface area contributed by atoms with Crippen LogP contribution in [0.25, 0.3) is 0 Å². The van der Waals surface area contributed by atoms with Crippen LogP contribution in [0.2, 0.25) is 5.02 Å². The van der Waals surface area contributed by atoms with Gasteiger partial charge in [-0.1, -0.05) is 23.7 Å². The summed E-state index contributed by atoms with van der Waals surface area (Å²) in [5.41, 5.74) is 1.03. The number of hydrogen-bond acceptors (Lipinski definition) is 3. The smallest absolute Gasteiger partial charge is 0.239 e. The molecule has 1 heterocycles. The van der Waals surface area contributed by atoms with Gasteiger partial charge in [0.15, 0.2) is 5.96 Å². The van der Waals surface area contributed by atoms with Crippen molar-refractivity contribution in [2.45, 2.75) is 13.1 Å². The Labute approximate surface area is 163 Å². The molecule has 2 aromatic rings. The number of rotatable bonds is 6. The van der Waals surface area contributed by atoms with Crippen molar-refractivity contribution >= 4 is 47.4 Å². The minimum Gasteiger partial charge on any atom is -0.467 e. The first kappa shape index (κ1) is 20.3. The summed E-state index contributed by atoms with van der Waals surface area (Å²) in [5.74, 6) is 1.10. The number of nitrogens with zero attached hydrogens (tertiary/aromatic N) is 1. The average molecular weight is 463 g/mol. The number of carbonyl (C=O) groups is 1. The van der Waals surface area contributed by atoms with E-state index in [0.29, 0.717) is 29.8 Å². The first-order chi connectivity index (χ1) is 11.2. The molecule has 1 aromatic heterocycles. The maximum Gasteiger partial charge on any atom is 0.239 e. The molecule has 0 atom stereocenters. The summed E-state index contributed by atoms with van der Waals surface area (Å²) in [6, 6.07) is 11.1. The number of halogens is 2. The predicted molar refractivity (Wildman–Crippen MR) is 106 cm³/mol. The number of hydrogen-bond donors (Lipinski definition) is 3. The van der Waals surface area contributed by atoms with Crippen molar-refractivity contribution in [3.8, 4) is 0 Å². The number of aliphatic imine (C=N–C) groups is 1. The Morgan fingerprint density at radius 2 is 2.00 bits per heavy atom. The zero-order valence-corrected chi connectivity index (χ0v) is 16.3. The van der Waals surface area contributed by atoms with Crippen LogP contribution in [-0.4, -0.2) is 25.5 Å². The normalized spacial score (nSPS) is 10.7. The molecule has 0 aliphatic rings. The largest absolute Gasteiger partial charge is 0.467 e. The van der Waals surface area contributed by atoms with Gasteiger partial charge in [0, 0.05) is 18.6 Å². The molecule has 8 heteroatoms. The molecule has 0 unspecified atom stereocenters. The van der Waals surface area contributed by atoms with E-state index in [1.165, 1.54) is 0 Å². The van der Waals surface area contributed by atoms with Crippen LogP contribution in [0, 0.1) is 0 Å². The predicted octanol–water partition coefficient (Wildman–Crippen LogP) is 2.53. The fourth-order valence-corrected chi connectivity index (χ4v) is 2.09. The van der Waals surface area contributed by atoms with E-state index in [-0.39, 0.29) is 36.4 Å². The minimum atomic E-state index is -0.146. The van der Waals surface area contributed by atoms with Crippen molar-refractivity contribution < 1.29 is 9.21 Å². The van der Waals surface area contributed by atoms with Crippen molar-refractivity contribution in [2.24, 2.45) is 4.99 Å². The van der Waals surface area contributed by atoms with Crippen LogP contribution in [0.5, 0.6) is 0 Å². The Morgan fingerprint density at radius 3 is 2.67 bits per heavy atom. The highest BCUT2D eigenvalue weighted by Crippen LogP contribution is 2.10. The molecule has 2 rings (SSSR count). The monoisotopic (exact) mass is 462 g/mol. The third-order valence-electron chi connectivity index (χ3n) is 3.03. The van der Waals surface area contributed by atoms with Crippen LogP contribution < -0.4 is 16.0 Å². The van der Waals surface area contributed by atoms with Gasteiger partial charge in [-0.25, -0.2) is 0 Å². The molecule has 24 heavy (non-hydrogen) atoms. The summed E-state index contributed by atoms with van der Waals surface area (Å²) in [6.07, 6.45) is 1.57. The first-order valence-corrected chi connectivity index (χ1v) is 7.53. The lowest BCUT2D eigenvalue weighted by Gasteiger charge is -2.12. The highest BCUT2D eigenvalue weighted by Gasteiger charge is 2.04. The maximum atomic E-state index is 11.8. The number of furan rings is 1. The van der Waals surface area contributed by atoms with Crippen molar-refractivity contribution in [1.82, 2.24) is 16.0 Å². The lowest BCUT2D eigenvalue weighted by atomic mass is 10.2. The number of guanidine groups is 1. The van der Waals surface area contributed by atoms with E-state index in [4.69, 9.17) is 16.0 Å². The zero-order chi connectivity index (χ0) is 16.5. The molecule has 1 amide bonds. The summed E-state index contributed by atoms with van der Waals surface area (Å²) in [4.78, 5) is 15.8. The van der Waals surface area contributed by atoms with Gasteiger partial charge in [-0.3, -0.25) is 9.79 Å². The van der Waals surface area contributed by atoms with Crippen LogP contribution in [-0.2, 0) is 17.9 Å². The van der Waals surface area contributed by atoms with Gasteiger partial charge < -0.3 is 20.4 Å². The molecular formula is C16H20ClIN4O2. The third kappa shape index (κ3) is 7.22. The van der Waals surface area contributed by atoms with Crippen molar-refractivity contribution in [2.75, 3.05) is 13.6 Å². The van der Waals surface area contributed by atoms with Crippen molar-refractivity contribution in [1.29, 1.82) is 0 Å². The van der Waals surface area contributed by atoms with Crippen molar-refractivity contribution in [3.05, 3.63) is 59.0 Å². The molecule has 130 valence electrons. The van der Waals surface area contributed by atoms with Gasteiger partial charge in [0.2, 0.25) is 5.91 Å². The molecular weight excluding hydrogens is 443 g/mol. The Hall–Kier alpha value is -1.74. The number of nitrogens with one attached hydrogen (secondary N) is 3. The Balaban J connectivity index is 0.00000288. The molecule has 0 fully saturated rings. The highest BCUT2D eigenvalue weighted by atomic mass is 127. The summed E-state index contributed by atoms with van der Waals surface area (Å²) < 4.78 is 5.15. The van der Waals surface area contributed by atoms with Gasteiger partial charge in [-0.2, -0.15) is 0 Å². The van der Waals surface area contributed by atoms with E-state index < -0.39 is 0 Å². The van der Waals surface area contributed by atoms with Crippen LogP contribution in [0.1, 0.15) is 11.3 Å². The van der Waals surface area contributed by atoms with Gasteiger partial charge in [-0.15, -0.1) is 24.0 Å². The highest BCUT2D eigenvalue weighted by molar-refractivity contribution is 14.0. The Bertz CT molecular complexity index is 662. The molecule has 0 saturated heterocycles. The molecule has 0 bridgehead atoms. The average Bonchev–Trinajstić information content (AvgIpc) is 3.06. The van der Waals surface area contributed by atoms with Crippen LogP contribution in [0.3, 0.4) is 0 Å². The summed E-state index contributed by atoms with van der Waals surface area (Å²) in [6.45, 7) is 1.05. The van der Waals surface area contributed by atoms with Gasteiger partial charge in [0.25, 0.3) is 0 Å². The van der Waals surface area contributed by atoms with Crippen LogP contribution in [0.15, 0.2) is 52.1 Å². The zero-order valence-electron chi connectivity index (χ0n) is 13.2. The topological polar surface area (TPSA) is 78.7 Å². The second-order valence-electron chi connectivity index (χ2n) is 4.77. The molecule has 6 nitrogen and oxygen atoms in total. The summed E-state index contributed by atoms with van der Waals surface area (Å²) in [5, 5.41) is 9.50. The molecule has 0 aliphatic heterocycles. The Morgan fingerprint density at radius 1 is 1.17 bits per heavy atom. The lowest BCUT2D eigenvalue weighted by Crippen LogP contribution is -2.42. The van der Waals surface area contributed by atoms with Crippen LogP contribution >= 0.6 is 35.6 Å². The molecule has 0 saturated carbocycles. The Kier molecular flexibility index (Phi) is 9.24. The second kappa shape index (κ2) is 10.9. The van der Waals surface area contributed by atoms with Crippen molar-refractivity contribution in [3.63, 3.8) is 0 Å². The molecule has 0 spiro atoms. The lowest BCUT2D eigenvalue weighted by molar-refractivity contribution is -0.120. The molecule has 0 aliphatic carbocycles. The number of benzene rings is 1. The molecule has 1 aromatic carbocycles. The quantitative estimate of drug-likeness (QED) is 0.350. The van der Waals surface area contributed by atoms with E-state index in [0.717, 1.165) is 5.56 Å².